The molecule has 4 heteroatoms. The number of aromatic nitrogens is 1. The molecule has 0 spiro atoms. The number of rotatable bonds is 2. The zero-order valence-corrected chi connectivity index (χ0v) is 8.80. The van der Waals surface area contributed by atoms with Gasteiger partial charge in [-0.1, -0.05) is 6.92 Å². The van der Waals surface area contributed by atoms with Gasteiger partial charge >= 0.3 is 5.97 Å². The van der Waals surface area contributed by atoms with Gasteiger partial charge in [0, 0.05) is 11.3 Å². The minimum atomic E-state index is -1.03. The third-order valence-corrected chi connectivity index (χ3v) is 3.10. The number of hydrogen-bond donors (Lipinski definition) is 1. The summed E-state index contributed by atoms with van der Waals surface area (Å²) in [6.07, 6.45) is 1.14. The van der Waals surface area contributed by atoms with Crippen LogP contribution in [-0.2, 0) is 0 Å². The number of furan rings is 1. The van der Waals surface area contributed by atoms with Gasteiger partial charge in [-0.2, -0.15) is 0 Å². The Hall–Kier alpha value is -1.84. The molecule has 1 aliphatic rings. The van der Waals surface area contributed by atoms with E-state index in [1.807, 2.05) is 6.07 Å². The van der Waals surface area contributed by atoms with E-state index in [-0.39, 0.29) is 5.69 Å². The Kier molecular flexibility index (Phi) is 1.80. The summed E-state index contributed by atoms with van der Waals surface area (Å²) in [4.78, 5) is 14.7. The first-order chi connectivity index (χ1) is 7.65. The predicted octanol–water partition coefficient (Wildman–Crippen LogP) is 2.65. The summed E-state index contributed by atoms with van der Waals surface area (Å²) in [5, 5.41) is 9.68. The Labute approximate surface area is 91.9 Å². The molecule has 0 bridgehead atoms. The number of aromatic carboxylic acids is 1. The van der Waals surface area contributed by atoms with Crippen molar-refractivity contribution in [2.24, 2.45) is 5.92 Å². The summed E-state index contributed by atoms with van der Waals surface area (Å²) < 4.78 is 5.58. The quantitative estimate of drug-likeness (QED) is 0.839. The molecule has 2 aromatic rings. The Morgan fingerprint density at radius 2 is 2.31 bits per heavy atom. The average molecular weight is 217 g/mol. The molecule has 1 saturated carbocycles. The van der Waals surface area contributed by atoms with E-state index < -0.39 is 5.97 Å². The van der Waals surface area contributed by atoms with Crippen molar-refractivity contribution in [2.75, 3.05) is 0 Å². The minimum Gasteiger partial charge on any atom is -0.477 e. The first-order valence-electron chi connectivity index (χ1n) is 5.29. The lowest BCUT2D eigenvalue weighted by Gasteiger charge is -1.91. The van der Waals surface area contributed by atoms with Crippen LogP contribution in [0.5, 0.6) is 0 Å². The molecule has 0 saturated heterocycles. The van der Waals surface area contributed by atoms with Gasteiger partial charge in [-0.25, -0.2) is 9.78 Å². The summed E-state index contributed by atoms with van der Waals surface area (Å²) in [5.74, 6) is 1.05. The van der Waals surface area contributed by atoms with Crippen LogP contribution >= 0.6 is 0 Å². The van der Waals surface area contributed by atoms with Crippen LogP contribution < -0.4 is 0 Å². The summed E-state index contributed by atoms with van der Waals surface area (Å²) in [6, 6.07) is 5.20. The van der Waals surface area contributed by atoms with E-state index in [4.69, 9.17) is 9.52 Å². The number of carboxylic acids is 1. The highest BCUT2D eigenvalue weighted by Gasteiger charge is 2.36. The molecule has 1 fully saturated rings. The summed E-state index contributed by atoms with van der Waals surface area (Å²) in [5.41, 5.74) is 0.450. The Morgan fingerprint density at radius 1 is 1.56 bits per heavy atom. The highest BCUT2D eigenvalue weighted by atomic mass is 16.4. The fourth-order valence-corrected chi connectivity index (χ4v) is 1.96. The lowest BCUT2D eigenvalue weighted by molar-refractivity contribution is 0.0690. The smallest absolute Gasteiger partial charge is 0.354 e. The van der Waals surface area contributed by atoms with Crippen LogP contribution in [0.25, 0.3) is 11.1 Å². The molecule has 0 aliphatic heterocycles. The lowest BCUT2D eigenvalue weighted by Crippen LogP contribution is -1.98. The molecule has 16 heavy (non-hydrogen) atoms. The molecule has 82 valence electrons. The topological polar surface area (TPSA) is 63.3 Å². The number of pyridine rings is 1. The van der Waals surface area contributed by atoms with E-state index in [0.717, 1.165) is 17.6 Å². The standard InChI is InChI=1S/C12H11NO3/c1-6-4-8(6)10-5-7-2-3-9(12(14)15)13-11(7)16-10/h2-3,5-6,8H,4H2,1H3,(H,14,15)/t6-,8-/m1/s1. The predicted molar refractivity (Wildman–Crippen MR) is 57.5 cm³/mol. The summed E-state index contributed by atoms with van der Waals surface area (Å²) in [7, 11) is 0. The first kappa shape index (κ1) is 9.39. The van der Waals surface area contributed by atoms with Crippen LogP contribution in [0.4, 0.5) is 0 Å². The number of nitrogens with zero attached hydrogens (tertiary/aromatic N) is 1. The number of carboxylic acid groups (broad SMARTS) is 1. The molecule has 4 nitrogen and oxygen atoms in total. The van der Waals surface area contributed by atoms with Gasteiger partial charge in [-0.05, 0) is 30.5 Å². The van der Waals surface area contributed by atoms with E-state index in [2.05, 4.69) is 11.9 Å². The number of hydrogen-bond acceptors (Lipinski definition) is 3. The second-order valence-corrected chi connectivity index (χ2v) is 4.36. The van der Waals surface area contributed by atoms with Gasteiger partial charge in [0.05, 0.1) is 0 Å². The van der Waals surface area contributed by atoms with Crippen molar-refractivity contribution < 1.29 is 14.3 Å². The fourth-order valence-electron chi connectivity index (χ4n) is 1.96. The monoisotopic (exact) mass is 217 g/mol. The molecule has 3 rings (SSSR count). The minimum absolute atomic E-state index is 0.0252. The molecule has 0 amide bonds. The molecular formula is C12H11NO3. The SMILES string of the molecule is C[C@@H]1C[C@H]1c1cc2ccc(C(=O)O)nc2o1. The van der Waals surface area contributed by atoms with Crippen molar-refractivity contribution in [3.8, 4) is 0 Å². The van der Waals surface area contributed by atoms with Gasteiger partial charge in [0.15, 0.2) is 5.69 Å². The van der Waals surface area contributed by atoms with Gasteiger partial charge in [-0.15, -0.1) is 0 Å². The molecular weight excluding hydrogens is 206 g/mol. The van der Waals surface area contributed by atoms with Crippen molar-refractivity contribution in [1.29, 1.82) is 0 Å². The highest BCUT2D eigenvalue weighted by Crippen LogP contribution is 2.48. The Morgan fingerprint density at radius 3 is 2.94 bits per heavy atom. The van der Waals surface area contributed by atoms with Gasteiger partial charge in [-0.3, -0.25) is 0 Å². The maximum atomic E-state index is 10.7. The van der Waals surface area contributed by atoms with Crippen molar-refractivity contribution in [3.05, 3.63) is 29.7 Å². The fraction of sp³-hybridized carbons (Fsp3) is 0.333. The molecule has 0 aromatic carbocycles. The second kappa shape index (κ2) is 3.07. The molecule has 0 unspecified atom stereocenters. The van der Waals surface area contributed by atoms with E-state index >= 15 is 0 Å². The van der Waals surface area contributed by atoms with E-state index in [1.165, 1.54) is 6.07 Å². The maximum absolute atomic E-state index is 10.7. The van der Waals surface area contributed by atoms with Crippen molar-refractivity contribution >= 4 is 17.1 Å². The third kappa shape index (κ3) is 1.38. The Bertz CT molecular complexity index is 573. The maximum Gasteiger partial charge on any atom is 0.354 e. The molecule has 2 heterocycles. The zero-order chi connectivity index (χ0) is 11.3. The van der Waals surface area contributed by atoms with Crippen LogP contribution in [-0.4, -0.2) is 16.1 Å². The Balaban J connectivity index is 2.07. The second-order valence-electron chi connectivity index (χ2n) is 4.36. The molecule has 2 atom stereocenters. The summed E-state index contributed by atoms with van der Waals surface area (Å²) in [6.45, 7) is 2.17. The largest absolute Gasteiger partial charge is 0.477 e. The lowest BCUT2D eigenvalue weighted by atomic mass is 10.2. The van der Waals surface area contributed by atoms with Crippen molar-refractivity contribution in [3.63, 3.8) is 0 Å². The molecule has 2 aromatic heterocycles. The molecule has 1 aliphatic carbocycles. The van der Waals surface area contributed by atoms with E-state index in [0.29, 0.717) is 17.5 Å². The van der Waals surface area contributed by atoms with Gasteiger partial charge in [0.1, 0.15) is 5.76 Å². The van der Waals surface area contributed by atoms with Crippen molar-refractivity contribution in [1.82, 2.24) is 4.98 Å². The number of carbonyl (C=O) groups is 1. The third-order valence-electron chi connectivity index (χ3n) is 3.10. The summed E-state index contributed by atoms with van der Waals surface area (Å²) >= 11 is 0. The van der Waals surface area contributed by atoms with Gasteiger partial charge in [0.2, 0.25) is 5.71 Å². The van der Waals surface area contributed by atoms with E-state index in [9.17, 15) is 4.79 Å². The van der Waals surface area contributed by atoms with Gasteiger partial charge in [0.25, 0.3) is 0 Å². The highest BCUT2D eigenvalue weighted by molar-refractivity contribution is 5.88. The van der Waals surface area contributed by atoms with Crippen LogP contribution in [0.3, 0.4) is 0 Å². The van der Waals surface area contributed by atoms with Gasteiger partial charge < -0.3 is 9.52 Å². The van der Waals surface area contributed by atoms with Crippen LogP contribution in [0.1, 0.15) is 35.5 Å². The van der Waals surface area contributed by atoms with E-state index in [1.54, 1.807) is 6.07 Å². The normalized spacial score (nSPS) is 23.6. The molecule has 1 N–H and O–H groups in total. The van der Waals surface area contributed by atoms with Crippen molar-refractivity contribution in [2.45, 2.75) is 19.3 Å². The number of fused-ring (bicyclic) bond motifs is 1. The zero-order valence-electron chi connectivity index (χ0n) is 8.80. The average Bonchev–Trinajstić information content (AvgIpc) is 2.84. The van der Waals surface area contributed by atoms with Crippen LogP contribution in [0.15, 0.2) is 22.6 Å². The first-order valence-corrected chi connectivity index (χ1v) is 5.29. The van der Waals surface area contributed by atoms with Crippen LogP contribution in [0, 0.1) is 5.92 Å². The molecule has 0 radical (unpaired) electrons. The van der Waals surface area contributed by atoms with Crippen LogP contribution in [0.2, 0.25) is 0 Å².